The van der Waals surface area contributed by atoms with Crippen molar-refractivity contribution in [1.82, 2.24) is 5.32 Å². The molecule has 1 aliphatic heterocycles. The number of methoxy groups -OCH3 is 1. The molecule has 196 valence electrons. The van der Waals surface area contributed by atoms with Crippen molar-refractivity contribution in [2.45, 2.75) is 32.4 Å². The third kappa shape index (κ3) is 6.21. The van der Waals surface area contributed by atoms with E-state index in [2.05, 4.69) is 10.6 Å². The minimum absolute atomic E-state index is 0.310. The van der Waals surface area contributed by atoms with E-state index in [-0.39, 0.29) is 6.54 Å². The van der Waals surface area contributed by atoms with Crippen LogP contribution in [0.5, 0.6) is 5.75 Å². The van der Waals surface area contributed by atoms with Crippen molar-refractivity contribution in [2.75, 3.05) is 23.9 Å². The fourth-order valence-electron chi connectivity index (χ4n) is 4.24. The topological polar surface area (TPSA) is 97.0 Å². The SMILES string of the molecule is COc1ccccc1NC(=O)NC1C=C(c2ccccc2)c2ccccc2N(CC(=O)OC(C)(C)C)C1=O. The Morgan fingerprint density at radius 2 is 1.58 bits per heavy atom. The molecule has 0 aliphatic carbocycles. The van der Waals surface area contributed by atoms with Crippen molar-refractivity contribution >= 4 is 34.9 Å². The number of hydrogen-bond acceptors (Lipinski definition) is 5. The Balaban J connectivity index is 1.73. The number of benzene rings is 3. The van der Waals surface area contributed by atoms with Gasteiger partial charge in [-0.1, -0.05) is 60.7 Å². The molecule has 0 fully saturated rings. The minimum atomic E-state index is -1.07. The van der Waals surface area contributed by atoms with E-state index in [0.717, 1.165) is 16.7 Å². The van der Waals surface area contributed by atoms with Crippen LogP contribution in [0.15, 0.2) is 84.9 Å². The van der Waals surface area contributed by atoms with E-state index in [9.17, 15) is 14.4 Å². The van der Waals surface area contributed by atoms with Crippen LogP contribution >= 0.6 is 0 Å². The number of ether oxygens (including phenoxy) is 2. The van der Waals surface area contributed by atoms with Gasteiger partial charge in [-0.15, -0.1) is 0 Å². The molecule has 0 saturated carbocycles. The molecule has 1 aliphatic rings. The molecule has 8 nitrogen and oxygen atoms in total. The number of carbonyl (C=O) groups excluding carboxylic acids is 3. The lowest BCUT2D eigenvalue weighted by Gasteiger charge is -2.27. The lowest BCUT2D eigenvalue weighted by Crippen LogP contribution is -2.50. The Labute approximate surface area is 222 Å². The monoisotopic (exact) mass is 513 g/mol. The zero-order valence-corrected chi connectivity index (χ0v) is 21.9. The van der Waals surface area contributed by atoms with Crippen LogP contribution < -0.4 is 20.3 Å². The van der Waals surface area contributed by atoms with Crippen LogP contribution in [0.1, 0.15) is 31.9 Å². The lowest BCUT2D eigenvalue weighted by atomic mass is 9.95. The lowest BCUT2D eigenvalue weighted by molar-refractivity contribution is -0.153. The quantitative estimate of drug-likeness (QED) is 0.452. The van der Waals surface area contributed by atoms with Gasteiger partial charge in [0.25, 0.3) is 5.91 Å². The molecule has 8 heteroatoms. The number of rotatable bonds is 6. The highest BCUT2D eigenvalue weighted by Gasteiger charge is 2.34. The fourth-order valence-corrected chi connectivity index (χ4v) is 4.24. The first kappa shape index (κ1) is 26.5. The number of amides is 3. The first-order valence-electron chi connectivity index (χ1n) is 12.3. The summed E-state index contributed by atoms with van der Waals surface area (Å²) in [4.78, 5) is 41.2. The van der Waals surface area contributed by atoms with Gasteiger partial charge in [-0.05, 0) is 56.2 Å². The summed E-state index contributed by atoms with van der Waals surface area (Å²) in [7, 11) is 1.51. The molecule has 38 heavy (non-hydrogen) atoms. The Morgan fingerprint density at radius 3 is 2.29 bits per heavy atom. The highest BCUT2D eigenvalue weighted by Crippen LogP contribution is 2.35. The second kappa shape index (κ2) is 11.2. The average Bonchev–Trinajstić information content (AvgIpc) is 2.99. The second-order valence-electron chi connectivity index (χ2n) is 9.75. The average molecular weight is 514 g/mol. The van der Waals surface area contributed by atoms with Crippen molar-refractivity contribution in [3.63, 3.8) is 0 Å². The molecule has 0 aromatic heterocycles. The molecule has 3 aromatic rings. The van der Waals surface area contributed by atoms with Gasteiger partial charge in [0.05, 0.1) is 18.5 Å². The molecule has 1 unspecified atom stereocenters. The van der Waals surface area contributed by atoms with Gasteiger partial charge in [0.2, 0.25) is 0 Å². The van der Waals surface area contributed by atoms with E-state index in [0.29, 0.717) is 17.1 Å². The van der Waals surface area contributed by atoms with Crippen LogP contribution in [-0.4, -0.2) is 43.2 Å². The van der Waals surface area contributed by atoms with Gasteiger partial charge in [-0.2, -0.15) is 0 Å². The third-order valence-electron chi connectivity index (χ3n) is 5.78. The summed E-state index contributed by atoms with van der Waals surface area (Å²) >= 11 is 0. The summed E-state index contributed by atoms with van der Waals surface area (Å²) in [6.45, 7) is 5.00. The van der Waals surface area contributed by atoms with Crippen molar-refractivity contribution in [2.24, 2.45) is 0 Å². The molecule has 1 atom stereocenters. The van der Waals surface area contributed by atoms with Crippen molar-refractivity contribution in [3.05, 3.63) is 96.1 Å². The summed E-state index contributed by atoms with van der Waals surface area (Å²) < 4.78 is 10.8. The van der Waals surface area contributed by atoms with Gasteiger partial charge in [-0.25, -0.2) is 4.79 Å². The van der Waals surface area contributed by atoms with Crippen molar-refractivity contribution in [3.8, 4) is 5.75 Å². The molecule has 0 bridgehead atoms. The summed E-state index contributed by atoms with van der Waals surface area (Å²) in [5, 5.41) is 5.51. The van der Waals surface area contributed by atoms with E-state index in [1.54, 1.807) is 63.2 Å². The molecule has 2 N–H and O–H groups in total. The summed E-state index contributed by atoms with van der Waals surface area (Å²) in [6.07, 6.45) is 1.72. The second-order valence-corrected chi connectivity index (χ2v) is 9.75. The molecular weight excluding hydrogens is 482 g/mol. The van der Waals surface area contributed by atoms with Crippen molar-refractivity contribution < 1.29 is 23.9 Å². The maximum Gasteiger partial charge on any atom is 0.326 e. The van der Waals surface area contributed by atoms with Gasteiger partial charge < -0.3 is 20.1 Å². The predicted octanol–water partition coefficient (Wildman–Crippen LogP) is 5.01. The number of anilines is 2. The Hall–Kier alpha value is -4.59. The number of nitrogens with one attached hydrogen (secondary N) is 2. The number of carbonyl (C=O) groups is 3. The highest BCUT2D eigenvalue weighted by molar-refractivity contribution is 6.09. The number of fused-ring (bicyclic) bond motifs is 1. The van der Waals surface area contributed by atoms with Gasteiger partial charge in [0.1, 0.15) is 23.9 Å². The van der Waals surface area contributed by atoms with Crippen LogP contribution in [0.4, 0.5) is 16.2 Å². The van der Waals surface area contributed by atoms with Gasteiger partial charge in [0, 0.05) is 5.56 Å². The van der Waals surface area contributed by atoms with Gasteiger partial charge in [-0.3, -0.25) is 14.5 Å². The molecular formula is C30H31N3O5. The molecule has 4 rings (SSSR count). The van der Waals surface area contributed by atoms with E-state index >= 15 is 0 Å². The number of para-hydroxylation sites is 3. The van der Waals surface area contributed by atoms with Crippen molar-refractivity contribution in [1.29, 1.82) is 0 Å². The predicted molar refractivity (Wildman–Crippen MR) is 147 cm³/mol. The number of esters is 1. The number of urea groups is 1. The van der Waals surface area contributed by atoms with Crippen LogP contribution in [0.25, 0.3) is 5.57 Å². The number of hydrogen-bond donors (Lipinski definition) is 2. The highest BCUT2D eigenvalue weighted by atomic mass is 16.6. The van der Waals surface area contributed by atoms with E-state index in [1.165, 1.54) is 12.0 Å². The Bertz CT molecular complexity index is 1360. The number of nitrogens with zero attached hydrogens (tertiary/aromatic N) is 1. The van der Waals surface area contributed by atoms with Gasteiger partial charge in [0.15, 0.2) is 0 Å². The summed E-state index contributed by atoms with van der Waals surface area (Å²) in [5.74, 6) is -0.542. The largest absolute Gasteiger partial charge is 0.495 e. The van der Waals surface area contributed by atoms with Crippen LogP contribution in [0, 0.1) is 0 Å². The third-order valence-corrected chi connectivity index (χ3v) is 5.78. The van der Waals surface area contributed by atoms with Crippen LogP contribution in [0.3, 0.4) is 0 Å². The molecule has 3 aromatic carbocycles. The normalized spacial score (nSPS) is 15.1. The van der Waals surface area contributed by atoms with Crippen LogP contribution in [-0.2, 0) is 14.3 Å². The Morgan fingerprint density at radius 1 is 0.921 bits per heavy atom. The smallest absolute Gasteiger partial charge is 0.326 e. The van der Waals surface area contributed by atoms with E-state index in [1.807, 2.05) is 42.5 Å². The summed E-state index contributed by atoms with van der Waals surface area (Å²) in [6, 6.07) is 22.2. The first-order valence-corrected chi connectivity index (χ1v) is 12.3. The first-order chi connectivity index (χ1) is 18.2. The van der Waals surface area contributed by atoms with E-state index < -0.39 is 29.6 Å². The fraction of sp³-hybridized carbons (Fsp3) is 0.233. The minimum Gasteiger partial charge on any atom is -0.495 e. The van der Waals surface area contributed by atoms with Gasteiger partial charge >= 0.3 is 12.0 Å². The maximum absolute atomic E-state index is 13.9. The zero-order valence-electron chi connectivity index (χ0n) is 21.9. The molecule has 0 saturated heterocycles. The molecule has 0 spiro atoms. The maximum atomic E-state index is 13.9. The molecule has 0 radical (unpaired) electrons. The van der Waals surface area contributed by atoms with E-state index in [4.69, 9.17) is 9.47 Å². The van der Waals surface area contributed by atoms with Crippen LogP contribution in [0.2, 0.25) is 0 Å². The Kier molecular flexibility index (Phi) is 7.81. The summed E-state index contributed by atoms with van der Waals surface area (Å²) in [5.41, 5.74) is 2.66. The standard InChI is InChI=1S/C30H31N3O5/c1-30(2,3)38-27(34)19-33-25-16-10-8-14-21(25)22(20-12-6-5-7-13-20)18-24(28(33)35)32-29(36)31-23-15-9-11-17-26(23)37-4/h5-18,24H,19H2,1-4H3,(H2,31,32,36). The molecule has 1 heterocycles. The molecule has 3 amide bonds. The zero-order chi connectivity index (χ0) is 27.3.